The third-order valence-electron chi connectivity index (χ3n) is 2.52. The summed E-state index contributed by atoms with van der Waals surface area (Å²) in [4.78, 5) is 23.0. The highest BCUT2D eigenvalue weighted by Crippen LogP contribution is 2.03. The molecule has 6 heteroatoms. The van der Waals surface area contributed by atoms with E-state index in [1.807, 2.05) is 13.0 Å². The number of urea groups is 1. The van der Waals surface area contributed by atoms with Crippen LogP contribution in [0.15, 0.2) is 30.3 Å². The van der Waals surface area contributed by atoms with Gasteiger partial charge in [0.1, 0.15) is 0 Å². The first-order chi connectivity index (χ1) is 9.15. The van der Waals surface area contributed by atoms with E-state index in [-0.39, 0.29) is 25.1 Å². The van der Waals surface area contributed by atoms with Crippen molar-refractivity contribution < 1.29 is 14.7 Å². The number of carbonyl (C=O) groups is 2. The normalized spacial score (nSPS) is 11.5. The van der Waals surface area contributed by atoms with Gasteiger partial charge in [-0.25, -0.2) is 4.79 Å². The van der Waals surface area contributed by atoms with Gasteiger partial charge >= 0.3 is 6.03 Å². The van der Waals surface area contributed by atoms with Crippen molar-refractivity contribution in [3.8, 4) is 0 Å². The second-order valence-electron chi connectivity index (χ2n) is 4.03. The number of hydrogen-bond acceptors (Lipinski definition) is 3. The van der Waals surface area contributed by atoms with Crippen LogP contribution in [-0.2, 0) is 4.79 Å². The monoisotopic (exact) mass is 265 g/mol. The molecule has 0 heterocycles. The van der Waals surface area contributed by atoms with Gasteiger partial charge in [0, 0.05) is 5.69 Å². The number of rotatable bonds is 6. The van der Waals surface area contributed by atoms with Gasteiger partial charge in [-0.15, -0.1) is 0 Å². The Bertz CT molecular complexity index is 405. The van der Waals surface area contributed by atoms with Crippen LogP contribution in [0.3, 0.4) is 0 Å². The van der Waals surface area contributed by atoms with E-state index in [0.717, 1.165) is 0 Å². The Kier molecular flexibility index (Phi) is 6.38. The van der Waals surface area contributed by atoms with E-state index in [4.69, 9.17) is 5.11 Å². The summed E-state index contributed by atoms with van der Waals surface area (Å²) < 4.78 is 0. The lowest BCUT2D eigenvalue weighted by Crippen LogP contribution is -2.44. The first kappa shape index (κ1) is 15.0. The number of amides is 3. The summed E-state index contributed by atoms with van der Waals surface area (Å²) in [5.74, 6) is -0.330. The Morgan fingerprint density at radius 2 is 1.95 bits per heavy atom. The summed E-state index contributed by atoms with van der Waals surface area (Å²) in [5.41, 5.74) is 0.655. The largest absolute Gasteiger partial charge is 0.394 e. The van der Waals surface area contributed by atoms with Gasteiger partial charge < -0.3 is 21.1 Å². The summed E-state index contributed by atoms with van der Waals surface area (Å²) in [6, 6.07) is 8.22. The zero-order valence-corrected chi connectivity index (χ0v) is 10.8. The van der Waals surface area contributed by atoms with Gasteiger partial charge in [-0.1, -0.05) is 25.1 Å². The van der Waals surface area contributed by atoms with Crippen LogP contribution >= 0.6 is 0 Å². The van der Waals surface area contributed by atoms with Crippen molar-refractivity contribution in [1.82, 2.24) is 10.6 Å². The van der Waals surface area contributed by atoms with Crippen LogP contribution < -0.4 is 16.0 Å². The van der Waals surface area contributed by atoms with Crippen LogP contribution in [0.5, 0.6) is 0 Å². The van der Waals surface area contributed by atoms with Gasteiger partial charge in [-0.2, -0.15) is 0 Å². The average Bonchev–Trinajstić information content (AvgIpc) is 2.43. The number of hydrogen-bond donors (Lipinski definition) is 4. The molecule has 0 aromatic heterocycles. The molecule has 1 rings (SSSR count). The van der Waals surface area contributed by atoms with Crippen LogP contribution in [0, 0.1) is 0 Å². The van der Waals surface area contributed by atoms with Gasteiger partial charge in [0.25, 0.3) is 0 Å². The van der Waals surface area contributed by atoms with Crippen molar-refractivity contribution in [1.29, 1.82) is 0 Å². The summed E-state index contributed by atoms with van der Waals surface area (Å²) in [6.07, 6.45) is 0.637. The molecule has 1 aromatic rings. The molecule has 6 nitrogen and oxygen atoms in total. The Morgan fingerprint density at radius 3 is 2.53 bits per heavy atom. The summed E-state index contributed by atoms with van der Waals surface area (Å²) in [5, 5.41) is 16.6. The standard InChI is InChI=1S/C13H19N3O3/c1-2-10(9-17)15-12(18)8-14-13(19)16-11-6-4-3-5-7-11/h3-7,10,17H,2,8-9H2,1H3,(H,15,18)(H2,14,16,19)/t10-/m0/s1. The van der Waals surface area contributed by atoms with Crippen molar-refractivity contribution in [2.24, 2.45) is 0 Å². The van der Waals surface area contributed by atoms with E-state index in [2.05, 4.69) is 16.0 Å². The molecule has 1 atom stereocenters. The number of carbonyl (C=O) groups excluding carboxylic acids is 2. The Hall–Kier alpha value is -2.08. The first-order valence-corrected chi connectivity index (χ1v) is 6.15. The maximum Gasteiger partial charge on any atom is 0.319 e. The minimum absolute atomic E-state index is 0.113. The smallest absolute Gasteiger partial charge is 0.319 e. The fraction of sp³-hybridized carbons (Fsp3) is 0.385. The molecule has 104 valence electrons. The minimum Gasteiger partial charge on any atom is -0.394 e. The van der Waals surface area contributed by atoms with Crippen molar-refractivity contribution in [2.75, 3.05) is 18.5 Å². The van der Waals surface area contributed by atoms with Crippen molar-refractivity contribution in [2.45, 2.75) is 19.4 Å². The lowest BCUT2D eigenvalue weighted by atomic mass is 10.2. The highest BCUT2D eigenvalue weighted by Gasteiger charge is 2.10. The maximum absolute atomic E-state index is 11.5. The first-order valence-electron chi connectivity index (χ1n) is 6.15. The molecular weight excluding hydrogens is 246 g/mol. The molecule has 0 saturated heterocycles. The quantitative estimate of drug-likeness (QED) is 0.610. The number of benzene rings is 1. The Labute approximate surface area is 112 Å². The summed E-state index contributed by atoms with van der Waals surface area (Å²) >= 11 is 0. The molecular formula is C13H19N3O3. The van der Waals surface area contributed by atoms with Gasteiger partial charge in [0.05, 0.1) is 19.2 Å². The molecule has 3 amide bonds. The number of aliphatic hydroxyl groups excluding tert-OH is 1. The molecule has 0 aliphatic carbocycles. The Balaban J connectivity index is 2.28. The predicted octanol–water partition coefficient (Wildman–Crippen LogP) is 0.695. The molecule has 0 bridgehead atoms. The van der Waals surface area contributed by atoms with Gasteiger partial charge in [0.15, 0.2) is 0 Å². The van der Waals surface area contributed by atoms with E-state index in [1.165, 1.54) is 0 Å². The third kappa shape index (κ3) is 5.87. The number of para-hydroxylation sites is 1. The molecule has 0 saturated carbocycles. The van der Waals surface area contributed by atoms with Gasteiger partial charge in [-0.05, 0) is 18.6 Å². The highest BCUT2D eigenvalue weighted by molar-refractivity contribution is 5.92. The van der Waals surface area contributed by atoms with E-state index >= 15 is 0 Å². The van der Waals surface area contributed by atoms with E-state index in [0.29, 0.717) is 12.1 Å². The molecule has 1 aromatic carbocycles. The van der Waals surface area contributed by atoms with Gasteiger partial charge in [0.2, 0.25) is 5.91 Å². The van der Waals surface area contributed by atoms with E-state index in [1.54, 1.807) is 24.3 Å². The van der Waals surface area contributed by atoms with Crippen LogP contribution in [0.2, 0.25) is 0 Å². The number of anilines is 1. The molecule has 0 fully saturated rings. The average molecular weight is 265 g/mol. The van der Waals surface area contributed by atoms with Crippen LogP contribution in [0.4, 0.5) is 10.5 Å². The maximum atomic E-state index is 11.5. The molecule has 0 aliphatic heterocycles. The zero-order chi connectivity index (χ0) is 14.1. The fourth-order valence-electron chi connectivity index (χ4n) is 1.41. The topological polar surface area (TPSA) is 90.5 Å². The molecule has 0 spiro atoms. The number of nitrogens with one attached hydrogen (secondary N) is 3. The molecule has 0 aliphatic rings. The van der Waals surface area contributed by atoms with Crippen LogP contribution in [0.25, 0.3) is 0 Å². The second-order valence-corrected chi connectivity index (χ2v) is 4.03. The molecule has 4 N–H and O–H groups in total. The van der Waals surface area contributed by atoms with Crippen molar-refractivity contribution in [3.05, 3.63) is 30.3 Å². The third-order valence-corrected chi connectivity index (χ3v) is 2.52. The van der Waals surface area contributed by atoms with Crippen molar-refractivity contribution in [3.63, 3.8) is 0 Å². The van der Waals surface area contributed by atoms with Gasteiger partial charge in [-0.3, -0.25) is 4.79 Å². The van der Waals surface area contributed by atoms with Crippen LogP contribution in [0.1, 0.15) is 13.3 Å². The number of aliphatic hydroxyl groups is 1. The van der Waals surface area contributed by atoms with E-state index in [9.17, 15) is 9.59 Å². The lowest BCUT2D eigenvalue weighted by Gasteiger charge is -2.14. The minimum atomic E-state index is -0.446. The highest BCUT2D eigenvalue weighted by atomic mass is 16.3. The summed E-state index contributed by atoms with van der Waals surface area (Å²) in [6.45, 7) is 1.62. The Morgan fingerprint density at radius 1 is 1.26 bits per heavy atom. The second kappa shape index (κ2) is 8.10. The van der Waals surface area contributed by atoms with Crippen molar-refractivity contribution >= 4 is 17.6 Å². The molecule has 0 unspecified atom stereocenters. The SMILES string of the molecule is CC[C@@H](CO)NC(=O)CNC(=O)Nc1ccccc1. The van der Waals surface area contributed by atoms with E-state index < -0.39 is 6.03 Å². The lowest BCUT2D eigenvalue weighted by molar-refractivity contribution is -0.121. The predicted molar refractivity (Wildman–Crippen MR) is 72.8 cm³/mol. The molecule has 19 heavy (non-hydrogen) atoms. The zero-order valence-electron chi connectivity index (χ0n) is 10.8. The summed E-state index contributed by atoms with van der Waals surface area (Å²) in [7, 11) is 0. The fourth-order valence-corrected chi connectivity index (χ4v) is 1.41. The molecule has 0 radical (unpaired) electrons. The van der Waals surface area contributed by atoms with Crippen LogP contribution in [-0.4, -0.2) is 36.2 Å².